The van der Waals surface area contributed by atoms with E-state index in [1.54, 1.807) is 13.2 Å². The fourth-order valence-corrected chi connectivity index (χ4v) is 3.11. The molecule has 1 heterocycles. The van der Waals surface area contributed by atoms with Crippen LogP contribution in [-0.2, 0) is 4.79 Å². The van der Waals surface area contributed by atoms with E-state index < -0.39 is 5.91 Å². The molecule has 0 unspecified atom stereocenters. The van der Waals surface area contributed by atoms with Crippen LogP contribution in [0.15, 0.2) is 18.7 Å². The summed E-state index contributed by atoms with van der Waals surface area (Å²) in [4.78, 5) is 13.6. The van der Waals surface area contributed by atoms with Gasteiger partial charge in [0.1, 0.15) is 5.75 Å². The number of amides is 1. The maximum Gasteiger partial charge on any atom is 0.248 e. The number of benzene rings is 1. The number of nitrogens with zero attached hydrogens (tertiary/aromatic N) is 1. The van der Waals surface area contributed by atoms with Crippen molar-refractivity contribution in [1.29, 1.82) is 0 Å². The Balaban J connectivity index is 2.49. The molecular weight excluding hydrogens is 274 g/mol. The molecule has 0 aliphatic carbocycles. The zero-order valence-electron chi connectivity index (χ0n) is 11.5. The second kappa shape index (κ2) is 6.09. The Morgan fingerprint density at radius 2 is 2.05 bits per heavy atom. The van der Waals surface area contributed by atoms with Crippen LogP contribution in [0.1, 0.15) is 5.56 Å². The Morgan fingerprint density at radius 1 is 1.40 bits per heavy atom. The summed E-state index contributed by atoms with van der Waals surface area (Å²) < 4.78 is 5.27. The van der Waals surface area contributed by atoms with Gasteiger partial charge in [-0.25, -0.2) is 0 Å². The minimum Gasteiger partial charge on any atom is -0.495 e. The molecule has 0 atom stereocenters. The molecule has 108 valence electrons. The molecule has 4 N–H and O–H groups in total. The van der Waals surface area contributed by atoms with Crippen molar-refractivity contribution in [2.24, 2.45) is 5.73 Å². The number of methoxy groups -OCH3 is 1. The third-order valence-corrected chi connectivity index (χ3v) is 4.26. The molecule has 0 bridgehead atoms. The number of ether oxygens (including phenoxy) is 1. The van der Waals surface area contributed by atoms with E-state index >= 15 is 0 Å². The Bertz CT molecular complexity index is 539. The first-order valence-corrected chi connectivity index (χ1v) is 7.49. The molecule has 1 aliphatic heterocycles. The monoisotopic (exact) mass is 293 g/mol. The molecule has 0 saturated carbocycles. The van der Waals surface area contributed by atoms with Gasteiger partial charge in [-0.3, -0.25) is 4.79 Å². The Morgan fingerprint density at radius 3 is 2.60 bits per heavy atom. The highest BCUT2D eigenvalue weighted by atomic mass is 32.2. The predicted octanol–water partition coefficient (Wildman–Crippen LogP) is 1.33. The van der Waals surface area contributed by atoms with Crippen LogP contribution >= 0.6 is 11.8 Å². The summed E-state index contributed by atoms with van der Waals surface area (Å²) in [7, 11) is 1.57. The smallest absolute Gasteiger partial charge is 0.248 e. The predicted molar refractivity (Wildman–Crippen MR) is 85.2 cm³/mol. The fraction of sp³-hybridized carbons (Fsp3) is 0.357. The lowest BCUT2D eigenvalue weighted by atomic mass is 10.0. The van der Waals surface area contributed by atoms with E-state index in [2.05, 4.69) is 11.5 Å². The fourth-order valence-electron chi connectivity index (χ4n) is 2.20. The largest absolute Gasteiger partial charge is 0.495 e. The summed E-state index contributed by atoms with van der Waals surface area (Å²) in [6, 6.07) is 3.57. The lowest BCUT2D eigenvalue weighted by Crippen LogP contribution is -2.33. The maximum atomic E-state index is 11.4. The number of rotatable bonds is 4. The second-order valence-corrected chi connectivity index (χ2v) is 5.78. The highest BCUT2D eigenvalue weighted by Crippen LogP contribution is 2.36. The van der Waals surface area contributed by atoms with Gasteiger partial charge in [-0.1, -0.05) is 6.58 Å². The summed E-state index contributed by atoms with van der Waals surface area (Å²) in [5.41, 5.74) is 13.6. The zero-order chi connectivity index (χ0) is 14.7. The lowest BCUT2D eigenvalue weighted by Gasteiger charge is -2.31. The third kappa shape index (κ3) is 2.85. The Kier molecular flexibility index (Phi) is 4.44. The van der Waals surface area contributed by atoms with E-state index in [4.69, 9.17) is 16.2 Å². The number of carbonyl (C=O) groups excluding carboxylic acids is 1. The molecule has 6 heteroatoms. The minimum atomic E-state index is -0.540. The van der Waals surface area contributed by atoms with Crippen LogP contribution in [0.4, 0.5) is 11.4 Å². The number of carbonyl (C=O) groups is 1. The van der Waals surface area contributed by atoms with Crippen molar-refractivity contribution in [3.8, 4) is 5.75 Å². The van der Waals surface area contributed by atoms with Crippen molar-refractivity contribution >= 4 is 34.6 Å². The van der Waals surface area contributed by atoms with E-state index in [9.17, 15) is 4.79 Å². The molecule has 20 heavy (non-hydrogen) atoms. The van der Waals surface area contributed by atoms with E-state index in [0.29, 0.717) is 17.0 Å². The van der Waals surface area contributed by atoms with E-state index in [-0.39, 0.29) is 5.57 Å². The van der Waals surface area contributed by atoms with Crippen molar-refractivity contribution in [1.82, 2.24) is 0 Å². The molecule has 1 saturated heterocycles. The summed E-state index contributed by atoms with van der Waals surface area (Å²) in [6.45, 7) is 5.60. The van der Waals surface area contributed by atoms with Gasteiger partial charge in [0.05, 0.1) is 12.8 Å². The SMILES string of the molecule is C=C(C(N)=O)c1cc(N)c(OC)cc1N1CCSCC1. The van der Waals surface area contributed by atoms with Gasteiger partial charge in [-0.05, 0) is 6.07 Å². The van der Waals surface area contributed by atoms with Gasteiger partial charge in [0, 0.05) is 47.5 Å². The minimum absolute atomic E-state index is 0.271. The van der Waals surface area contributed by atoms with Crippen LogP contribution in [0.2, 0.25) is 0 Å². The molecule has 5 nitrogen and oxygen atoms in total. The molecule has 1 aromatic carbocycles. The normalized spacial score (nSPS) is 14.9. The highest BCUT2D eigenvalue weighted by molar-refractivity contribution is 7.99. The highest BCUT2D eigenvalue weighted by Gasteiger charge is 2.20. The number of nitrogen functional groups attached to an aromatic ring is 1. The van der Waals surface area contributed by atoms with Crippen LogP contribution in [0, 0.1) is 0 Å². The summed E-state index contributed by atoms with van der Waals surface area (Å²) in [5, 5.41) is 0. The molecule has 0 aromatic heterocycles. The second-order valence-electron chi connectivity index (χ2n) is 4.55. The summed E-state index contributed by atoms with van der Waals surface area (Å²) in [6.07, 6.45) is 0. The van der Waals surface area contributed by atoms with E-state index in [1.807, 2.05) is 17.8 Å². The Hall–Kier alpha value is -1.82. The number of thioether (sulfide) groups is 1. The molecule has 1 aliphatic rings. The van der Waals surface area contributed by atoms with Crippen LogP contribution < -0.4 is 21.1 Å². The topological polar surface area (TPSA) is 81.6 Å². The van der Waals surface area contributed by atoms with E-state index in [0.717, 1.165) is 30.3 Å². The molecular formula is C14H19N3O2S. The van der Waals surface area contributed by atoms with Gasteiger partial charge >= 0.3 is 0 Å². The molecule has 1 fully saturated rings. The maximum absolute atomic E-state index is 11.4. The van der Waals surface area contributed by atoms with Gasteiger partial charge in [0.15, 0.2) is 0 Å². The Labute approximate surface area is 122 Å². The number of nitrogens with two attached hydrogens (primary N) is 2. The zero-order valence-corrected chi connectivity index (χ0v) is 12.3. The first kappa shape index (κ1) is 14.6. The number of hydrogen-bond acceptors (Lipinski definition) is 5. The van der Waals surface area contributed by atoms with Crippen LogP contribution in [0.3, 0.4) is 0 Å². The van der Waals surface area contributed by atoms with Crippen molar-refractivity contribution < 1.29 is 9.53 Å². The third-order valence-electron chi connectivity index (χ3n) is 3.32. The number of hydrogen-bond donors (Lipinski definition) is 2. The van der Waals surface area contributed by atoms with E-state index in [1.165, 1.54) is 0 Å². The van der Waals surface area contributed by atoms with Crippen molar-refractivity contribution in [3.63, 3.8) is 0 Å². The average molecular weight is 293 g/mol. The lowest BCUT2D eigenvalue weighted by molar-refractivity contribution is -0.112. The molecule has 0 radical (unpaired) electrons. The quantitative estimate of drug-likeness (QED) is 0.646. The summed E-state index contributed by atoms with van der Waals surface area (Å²) in [5.74, 6) is 2.16. The van der Waals surface area contributed by atoms with Crippen LogP contribution in [0.25, 0.3) is 5.57 Å². The standard InChI is InChI=1S/C14H19N3O2S/c1-9(14(16)18)10-7-11(15)13(19-2)8-12(10)17-3-5-20-6-4-17/h7-8H,1,3-6,15H2,2H3,(H2,16,18). The van der Waals surface area contributed by atoms with Gasteiger partial charge in [0.25, 0.3) is 0 Å². The molecule has 1 aromatic rings. The van der Waals surface area contributed by atoms with Gasteiger partial charge in [-0.2, -0.15) is 11.8 Å². The summed E-state index contributed by atoms with van der Waals surface area (Å²) >= 11 is 1.92. The average Bonchev–Trinajstić information content (AvgIpc) is 2.47. The number of primary amides is 1. The van der Waals surface area contributed by atoms with Crippen molar-refractivity contribution in [3.05, 3.63) is 24.3 Å². The van der Waals surface area contributed by atoms with Crippen LogP contribution in [0.5, 0.6) is 5.75 Å². The molecule has 1 amide bonds. The number of anilines is 2. The first-order valence-electron chi connectivity index (χ1n) is 6.34. The van der Waals surface area contributed by atoms with Gasteiger partial charge in [0.2, 0.25) is 5.91 Å². The van der Waals surface area contributed by atoms with Gasteiger partial charge in [-0.15, -0.1) is 0 Å². The van der Waals surface area contributed by atoms with Crippen molar-refractivity contribution in [2.45, 2.75) is 0 Å². The molecule has 2 rings (SSSR count). The molecule has 0 spiro atoms. The van der Waals surface area contributed by atoms with Gasteiger partial charge < -0.3 is 21.1 Å². The van der Waals surface area contributed by atoms with Crippen LogP contribution in [-0.4, -0.2) is 37.6 Å². The van der Waals surface area contributed by atoms with Crippen molar-refractivity contribution in [2.75, 3.05) is 42.3 Å². The first-order chi connectivity index (χ1) is 9.54.